The van der Waals surface area contributed by atoms with Crippen molar-refractivity contribution in [3.63, 3.8) is 0 Å². The van der Waals surface area contributed by atoms with E-state index >= 15 is 0 Å². The average Bonchev–Trinajstić information content (AvgIpc) is 2.46. The number of hydrogen-bond acceptors (Lipinski definition) is 2. The summed E-state index contributed by atoms with van der Waals surface area (Å²) in [5, 5.41) is 4.60. The van der Waals surface area contributed by atoms with Gasteiger partial charge in [0.2, 0.25) is 0 Å². The van der Waals surface area contributed by atoms with E-state index in [1.807, 2.05) is 12.3 Å². The number of aromatic nitrogens is 1. The van der Waals surface area contributed by atoms with Crippen LogP contribution in [-0.4, -0.2) is 4.98 Å². The molecule has 0 saturated carbocycles. The molecule has 21 heavy (non-hydrogen) atoms. The molecule has 2 nitrogen and oxygen atoms in total. The summed E-state index contributed by atoms with van der Waals surface area (Å²) in [6.45, 7) is 2.85. The van der Waals surface area contributed by atoms with Crippen LogP contribution in [0.2, 0.25) is 0 Å². The molecule has 0 amide bonds. The highest BCUT2D eigenvalue weighted by atomic mass is 79.9. The van der Waals surface area contributed by atoms with E-state index in [0.717, 1.165) is 32.1 Å². The van der Waals surface area contributed by atoms with Crippen molar-refractivity contribution in [2.75, 3.05) is 5.32 Å². The van der Waals surface area contributed by atoms with Crippen LogP contribution in [0, 0.1) is 6.92 Å². The fraction of sp³-hybridized carbons (Fsp3) is 0.118. The fourth-order valence-corrected chi connectivity index (χ4v) is 3.25. The number of aryl methyl sites for hydroxylation is 1. The molecule has 3 rings (SSSR count). The molecule has 1 aromatic heterocycles. The first-order chi connectivity index (χ1) is 10.1. The molecule has 0 radical (unpaired) electrons. The Kier molecular flexibility index (Phi) is 4.27. The van der Waals surface area contributed by atoms with E-state index in [2.05, 4.69) is 85.5 Å². The number of nitrogens with zero attached hydrogens (tertiary/aromatic N) is 1. The van der Waals surface area contributed by atoms with Crippen LogP contribution in [0.5, 0.6) is 0 Å². The molecule has 106 valence electrons. The standard InChI is InChI=1S/C17H14Br2N2/c1-11-5-6-13(15(19)7-11)9-20-16-4-2-3-12-8-14(18)10-21-17(12)16/h2-8,10,20H,9H2,1H3. The molecule has 2 aromatic carbocycles. The van der Waals surface area contributed by atoms with Crippen LogP contribution in [0.1, 0.15) is 11.1 Å². The SMILES string of the molecule is Cc1ccc(CNc2cccc3cc(Br)cnc23)c(Br)c1. The van der Waals surface area contributed by atoms with E-state index in [1.165, 1.54) is 11.1 Å². The van der Waals surface area contributed by atoms with E-state index in [9.17, 15) is 0 Å². The van der Waals surface area contributed by atoms with Crippen molar-refractivity contribution in [2.24, 2.45) is 0 Å². The van der Waals surface area contributed by atoms with E-state index in [4.69, 9.17) is 0 Å². The third-order valence-electron chi connectivity index (χ3n) is 3.36. The van der Waals surface area contributed by atoms with Gasteiger partial charge in [-0.1, -0.05) is 40.2 Å². The summed E-state index contributed by atoms with van der Waals surface area (Å²) in [6.07, 6.45) is 1.83. The summed E-state index contributed by atoms with van der Waals surface area (Å²) in [6, 6.07) is 14.7. The topological polar surface area (TPSA) is 24.9 Å². The van der Waals surface area contributed by atoms with Crippen molar-refractivity contribution < 1.29 is 0 Å². The van der Waals surface area contributed by atoms with E-state index in [0.29, 0.717) is 0 Å². The van der Waals surface area contributed by atoms with Gasteiger partial charge in [0.15, 0.2) is 0 Å². The molecule has 3 aromatic rings. The van der Waals surface area contributed by atoms with Crippen LogP contribution in [0.25, 0.3) is 10.9 Å². The van der Waals surface area contributed by atoms with Gasteiger partial charge in [-0.25, -0.2) is 0 Å². The Balaban J connectivity index is 1.88. The number of hydrogen-bond donors (Lipinski definition) is 1. The van der Waals surface area contributed by atoms with Gasteiger partial charge >= 0.3 is 0 Å². The second kappa shape index (κ2) is 6.16. The minimum Gasteiger partial charge on any atom is -0.379 e. The number of pyridine rings is 1. The zero-order valence-corrected chi connectivity index (χ0v) is 14.7. The third-order valence-corrected chi connectivity index (χ3v) is 4.53. The van der Waals surface area contributed by atoms with Crippen molar-refractivity contribution in [2.45, 2.75) is 13.5 Å². The molecular weight excluding hydrogens is 392 g/mol. The number of fused-ring (bicyclic) bond motifs is 1. The summed E-state index contributed by atoms with van der Waals surface area (Å²) in [4.78, 5) is 4.51. The quantitative estimate of drug-likeness (QED) is 0.606. The first-order valence-corrected chi connectivity index (χ1v) is 8.25. The Hall–Kier alpha value is -1.39. The number of benzene rings is 2. The lowest BCUT2D eigenvalue weighted by atomic mass is 10.1. The second-order valence-corrected chi connectivity index (χ2v) is 6.75. The van der Waals surface area contributed by atoms with Gasteiger partial charge in [-0.3, -0.25) is 4.98 Å². The third kappa shape index (κ3) is 3.27. The van der Waals surface area contributed by atoms with Crippen LogP contribution in [-0.2, 0) is 6.54 Å². The minimum atomic E-state index is 0.762. The van der Waals surface area contributed by atoms with Gasteiger partial charge in [-0.15, -0.1) is 0 Å². The number of anilines is 1. The number of rotatable bonds is 3. The summed E-state index contributed by atoms with van der Waals surface area (Å²) >= 11 is 7.08. The second-order valence-electron chi connectivity index (χ2n) is 4.98. The Morgan fingerprint density at radius 3 is 2.76 bits per heavy atom. The molecule has 0 aliphatic carbocycles. The van der Waals surface area contributed by atoms with Gasteiger partial charge < -0.3 is 5.32 Å². The molecule has 1 heterocycles. The Bertz CT molecular complexity index is 800. The number of nitrogens with one attached hydrogen (secondary N) is 1. The molecule has 0 fully saturated rings. The van der Waals surface area contributed by atoms with Crippen molar-refractivity contribution in [1.82, 2.24) is 4.98 Å². The van der Waals surface area contributed by atoms with Gasteiger partial charge in [0, 0.05) is 27.1 Å². The molecule has 4 heteroatoms. The zero-order valence-electron chi connectivity index (χ0n) is 11.5. The lowest BCUT2D eigenvalue weighted by Crippen LogP contribution is -2.01. The molecule has 0 aliphatic rings. The maximum Gasteiger partial charge on any atom is 0.0934 e. The largest absolute Gasteiger partial charge is 0.379 e. The van der Waals surface area contributed by atoms with Crippen LogP contribution in [0.4, 0.5) is 5.69 Å². The number of halogens is 2. The molecule has 0 bridgehead atoms. The number of para-hydroxylation sites is 1. The van der Waals surface area contributed by atoms with E-state index < -0.39 is 0 Å². The van der Waals surface area contributed by atoms with E-state index in [-0.39, 0.29) is 0 Å². The first kappa shape index (κ1) is 14.5. The van der Waals surface area contributed by atoms with Crippen LogP contribution in [0.3, 0.4) is 0 Å². The average molecular weight is 406 g/mol. The minimum absolute atomic E-state index is 0.762. The van der Waals surface area contributed by atoms with Gasteiger partial charge in [0.25, 0.3) is 0 Å². The Labute approximate surface area is 140 Å². The summed E-state index contributed by atoms with van der Waals surface area (Å²) in [7, 11) is 0. The van der Waals surface area contributed by atoms with Gasteiger partial charge in [-0.2, -0.15) is 0 Å². The molecule has 1 N–H and O–H groups in total. The van der Waals surface area contributed by atoms with Crippen molar-refractivity contribution in [1.29, 1.82) is 0 Å². The first-order valence-electron chi connectivity index (χ1n) is 6.66. The normalized spacial score (nSPS) is 10.8. The van der Waals surface area contributed by atoms with Crippen LogP contribution in [0.15, 0.2) is 57.6 Å². The molecular formula is C17H14Br2N2. The van der Waals surface area contributed by atoms with Crippen molar-refractivity contribution in [3.8, 4) is 0 Å². The highest BCUT2D eigenvalue weighted by Gasteiger charge is 2.04. The van der Waals surface area contributed by atoms with Gasteiger partial charge in [0.05, 0.1) is 11.2 Å². The highest BCUT2D eigenvalue weighted by Crippen LogP contribution is 2.25. The molecule has 0 atom stereocenters. The van der Waals surface area contributed by atoms with Crippen LogP contribution < -0.4 is 5.32 Å². The van der Waals surface area contributed by atoms with E-state index in [1.54, 1.807) is 0 Å². The monoisotopic (exact) mass is 404 g/mol. The molecule has 0 aliphatic heterocycles. The summed E-state index contributed by atoms with van der Waals surface area (Å²) in [5.41, 5.74) is 4.52. The zero-order chi connectivity index (χ0) is 14.8. The smallest absolute Gasteiger partial charge is 0.0934 e. The van der Waals surface area contributed by atoms with Crippen LogP contribution >= 0.6 is 31.9 Å². The Morgan fingerprint density at radius 1 is 1.10 bits per heavy atom. The molecule has 0 saturated heterocycles. The van der Waals surface area contributed by atoms with Gasteiger partial charge in [0.1, 0.15) is 0 Å². The predicted molar refractivity (Wildman–Crippen MR) is 95.6 cm³/mol. The lowest BCUT2D eigenvalue weighted by Gasteiger charge is -2.11. The lowest BCUT2D eigenvalue weighted by molar-refractivity contribution is 1.13. The maximum atomic E-state index is 4.51. The molecule has 0 spiro atoms. The summed E-state index contributed by atoms with van der Waals surface area (Å²) in [5.74, 6) is 0. The summed E-state index contributed by atoms with van der Waals surface area (Å²) < 4.78 is 2.12. The maximum absolute atomic E-state index is 4.51. The molecule has 0 unspecified atom stereocenters. The van der Waals surface area contributed by atoms with Crippen molar-refractivity contribution >= 4 is 48.5 Å². The highest BCUT2D eigenvalue weighted by molar-refractivity contribution is 9.10. The van der Waals surface area contributed by atoms with Gasteiger partial charge in [-0.05, 0) is 52.2 Å². The predicted octanol–water partition coefficient (Wildman–Crippen LogP) is 5.68. The fourth-order valence-electron chi connectivity index (χ4n) is 2.26. The van der Waals surface area contributed by atoms with Crippen molar-refractivity contribution in [3.05, 3.63) is 68.7 Å². The Morgan fingerprint density at radius 2 is 1.95 bits per heavy atom.